The van der Waals surface area contributed by atoms with Crippen LogP contribution in [0.4, 0.5) is 0 Å². The standard InChI is InChI=1S/C13H9.C7H7NO.C2H7Si.2ClH.Ti/c1-3-7-12-10(5-1)9-11-6-2-4-8-13(11)12;8-7(9)6-4-2-1-3-5-6;1-3-2;;;/h1-9H;1-5H,(H2,8,9);3H,1-2H3;2*1H;/q;;;;;+3/p-3. The predicted molar refractivity (Wildman–Crippen MR) is 107 cm³/mol. The smallest absolute Gasteiger partial charge is 1.00 e. The van der Waals surface area contributed by atoms with Gasteiger partial charge in [-0.3, -0.25) is 0 Å². The molecule has 0 unspecified atom stereocenters. The maximum atomic E-state index is 12.9. The van der Waals surface area contributed by atoms with E-state index in [2.05, 4.69) is 65.4 Å². The summed E-state index contributed by atoms with van der Waals surface area (Å²) in [6, 6.07) is 27.1. The Morgan fingerprint density at radius 3 is 1.75 bits per heavy atom. The first kappa shape index (κ1) is 22.9. The largest absolute Gasteiger partial charge is 1.00 e. The van der Waals surface area contributed by atoms with Crippen LogP contribution in [0.3, 0.4) is 0 Å². The average molecular weight is 463 g/mol. The van der Waals surface area contributed by atoms with Gasteiger partial charge in [0.1, 0.15) is 0 Å². The SMILES string of the molecule is C[SiH](C)[Ti+2]([NH]C(=O)c1ccccc1)[CH]1c2ccccc2-c2ccccc21.[Cl-].[Cl-]. The van der Waals surface area contributed by atoms with E-state index in [0.29, 0.717) is 4.22 Å². The van der Waals surface area contributed by atoms with E-state index in [1.165, 1.54) is 22.3 Å². The van der Waals surface area contributed by atoms with Crippen molar-refractivity contribution in [1.82, 2.24) is 3.80 Å². The van der Waals surface area contributed by atoms with Gasteiger partial charge in [0.15, 0.2) is 0 Å². The van der Waals surface area contributed by atoms with Gasteiger partial charge in [-0.1, -0.05) is 0 Å². The quantitative estimate of drug-likeness (QED) is 0.480. The van der Waals surface area contributed by atoms with E-state index in [0.717, 1.165) is 5.56 Å². The Labute approximate surface area is 186 Å². The van der Waals surface area contributed by atoms with Crippen LogP contribution in [-0.2, 0) is 17.4 Å². The van der Waals surface area contributed by atoms with E-state index in [9.17, 15) is 4.79 Å². The number of rotatable bonds is 4. The third-order valence-corrected chi connectivity index (χ3v) is 16.8. The number of halogens is 2. The molecule has 1 aliphatic carbocycles. The molecule has 0 saturated carbocycles. The van der Waals surface area contributed by atoms with Crippen molar-refractivity contribution in [2.45, 2.75) is 17.3 Å². The molecular weight excluding hydrogens is 441 g/mol. The summed E-state index contributed by atoms with van der Waals surface area (Å²) in [5, 5.41) is 0. The van der Waals surface area contributed by atoms with E-state index in [1.807, 2.05) is 30.3 Å². The summed E-state index contributed by atoms with van der Waals surface area (Å²) < 4.78 is 3.95. The Bertz CT molecular complexity index is 907. The molecule has 1 N–H and O–H groups in total. The fraction of sp³-hybridized carbons (Fsp3) is 0.136. The van der Waals surface area contributed by atoms with Crippen molar-refractivity contribution in [2.24, 2.45) is 0 Å². The van der Waals surface area contributed by atoms with Crippen LogP contribution in [0.25, 0.3) is 11.1 Å². The van der Waals surface area contributed by atoms with Crippen LogP contribution in [0.15, 0.2) is 78.9 Å². The van der Waals surface area contributed by atoms with Crippen LogP contribution in [0, 0.1) is 0 Å². The minimum atomic E-state index is -1.86. The zero-order valence-electron chi connectivity index (χ0n) is 15.8. The van der Waals surface area contributed by atoms with Gasteiger partial charge in [-0.2, -0.15) is 0 Å². The van der Waals surface area contributed by atoms with Crippen LogP contribution >= 0.6 is 0 Å². The number of fused-ring (bicyclic) bond motifs is 3. The van der Waals surface area contributed by atoms with E-state index in [4.69, 9.17) is 0 Å². The van der Waals surface area contributed by atoms with Gasteiger partial charge in [-0.05, 0) is 0 Å². The van der Waals surface area contributed by atoms with E-state index in [1.54, 1.807) is 0 Å². The zero-order chi connectivity index (χ0) is 18.1. The molecule has 3 aromatic rings. The summed E-state index contributed by atoms with van der Waals surface area (Å²) in [5.74, 6) is 0.101. The molecule has 2 nitrogen and oxygen atoms in total. The second-order valence-electron chi connectivity index (χ2n) is 7.04. The van der Waals surface area contributed by atoms with Gasteiger partial charge in [0, 0.05) is 0 Å². The van der Waals surface area contributed by atoms with Crippen molar-refractivity contribution in [1.29, 1.82) is 0 Å². The Balaban J connectivity index is 0.00000140. The maximum Gasteiger partial charge on any atom is -1.00 e. The summed E-state index contributed by atoms with van der Waals surface area (Å²) in [5.41, 5.74) is 6.30. The average Bonchev–Trinajstić information content (AvgIpc) is 3.01. The molecule has 1 amide bonds. The first-order valence-electron chi connectivity index (χ1n) is 9.08. The molecule has 0 bridgehead atoms. The number of carbonyl (C=O) groups is 1. The molecule has 4 rings (SSSR count). The van der Waals surface area contributed by atoms with Crippen LogP contribution in [0.2, 0.25) is 13.1 Å². The number of nitrogens with one attached hydrogen (secondary N) is 1. The zero-order valence-corrected chi connectivity index (χ0v) is 20.1. The molecular formula is C22H22Cl2NOSiTi. The third kappa shape index (κ3) is 4.29. The minimum Gasteiger partial charge on any atom is -1.00 e. The number of hydrogen-bond acceptors (Lipinski definition) is 1. The number of carbonyl (C=O) groups excluding carboxylic acids is 1. The first-order valence-corrected chi connectivity index (χ1v) is 16.4. The molecule has 0 aliphatic heterocycles. The molecule has 3 aromatic carbocycles. The van der Waals surface area contributed by atoms with Crippen LogP contribution in [0.5, 0.6) is 0 Å². The Morgan fingerprint density at radius 1 is 0.786 bits per heavy atom. The molecule has 0 fully saturated rings. The Hall–Kier alpha value is -1.36. The molecule has 28 heavy (non-hydrogen) atoms. The van der Waals surface area contributed by atoms with Crippen LogP contribution < -0.4 is 28.6 Å². The van der Waals surface area contributed by atoms with Crippen molar-refractivity contribution in [3.63, 3.8) is 0 Å². The Morgan fingerprint density at radius 2 is 1.25 bits per heavy atom. The fourth-order valence-corrected chi connectivity index (χ4v) is 14.0. The second kappa shape index (κ2) is 9.91. The molecule has 143 valence electrons. The van der Waals surface area contributed by atoms with Crippen LogP contribution in [-0.4, -0.2) is 12.6 Å². The summed E-state index contributed by atoms with van der Waals surface area (Å²) in [6.07, 6.45) is 0. The van der Waals surface area contributed by atoms with E-state index in [-0.39, 0.29) is 30.7 Å². The van der Waals surface area contributed by atoms with Gasteiger partial charge in [0.05, 0.1) is 0 Å². The molecule has 0 heterocycles. The van der Waals surface area contributed by atoms with E-state index < -0.39 is 24.0 Å². The number of hydrogen-bond donors (Lipinski definition) is 1. The summed E-state index contributed by atoms with van der Waals surface area (Å²) in [7, 11) is 0. The van der Waals surface area contributed by atoms with Crippen molar-refractivity contribution >= 4 is 12.6 Å². The predicted octanol–water partition coefficient (Wildman–Crippen LogP) is -1.29. The molecule has 0 atom stereocenters. The summed E-state index contributed by atoms with van der Waals surface area (Å²) in [6.45, 7) is 3.78. The normalized spacial score (nSPS) is 11.7. The first-order chi connectivity index (χ1) is 12.7. The van der Waals surface area contributed by atoms with Crippen molar-refractivity contribution < 1.29 is 47.0 Å². The van der Waals surface area contributed by atoms with Crippen molar-refractivity contribution in [2.75, 3.05) is 0 Å². The summed E-state index contributed by atoms with van der Waals surface area (Å²) in [4.78, 5) is 12.9. The molecule has 0 radical (unpaired) electrons. The topological polar surface area (TPSA) is 29.1 Å². The van der Waals surface area contributed by atoms with Crippen molar-refractivity contribution in [3.05, 3.63) is 95.6 Å². The molecule has 1 aliphatic rings. The third-order valence-electron chi connectivity index (χ3n) is 5.06. The van der Waals surface area contributed by atoms with Gasteiger partial charge in [-0.25, -0.2) is 0 Å². The summed E-state index contributed by atoms with van der Waals surface area (Å²) >= 11 is -1.86. The fourth-order valence-electron chi connectivity index (χ4n) is 3.83. The second-order valence-corrected chi connectivity index (χ2v) is 20.0. The monoisotopic (exact) mass is 462 g/mol. The molecule has 6 heteroatoms. The van der Waals surface area contributed by atoms with Gasteiger partial charge in [0.2, 0.25) is 0 Å². The van der Waals surface area contributed by atoms with Gasteiger partial charge >= 0.3 is 163 Å². The van der Waals surface area contributed by atoms with Crippen LogP contribution in [0.1, 0.15) is 25.7 Å². The molecule has 0 spiro atoms. The number of amides is 1. The maximum absolute atomic E-state index is 12.9. The van der Waals surface area contributed by atoms with Gasteiger partial charge in [-0.15, -0.1) is 0 Å². The molecule has 0 aromatic heterocycles. The van der Waals surface area contributed by atoms with Crippen molar-refractivity contribution in [3.8, 4) is 11.1 Å². The van der Waals surface area contributed by atoms with Gasteiger partial charge in [0.25, 0.3) is 0 Å². The minimum absolute atomic E-state index is 0. The Kier molecular flexibility index (Phi) is 8.11. The molecule has 0 saturated heterocycles. The van der Waals surface area contributed by atoms with Gasteiger partial charge < -0.3 is 24.8 Å². The number of benzene rings is 3. The van der Waals surface area contributed by atoms with E-state index >= 15 is 0 Å².